The molecular weight excluding hydrogens is 298 g/mol. The van der Waals surface area contributed by atoms with Crippen molar-refractivity contribution in [2.24, 2.45) is 17.8 Å². The number of benzene rings is 2. The monoisotopic (exact) mass is 321 g/mol. The van der Waals surface area contributed by atoms with E-state index in [9.17, 15) is 9.90 Å². The van der Waals surface area contributed by atoms with Crippen LogP contribution in [0, 0.1) is 17.8 Å². The number of carbonyl (C=O) groups is 1. The van der Waals surface area contributed by atoms with E-state index in [1.807, 2.05) is 7.05 Å². The highest BCUT2D eigenvalue weighted by Gasteiger charge is 2.56. The number of aromatic hydroxyl groups is 1. The molecular formula is C21H23NO2. The third kappa shape index (κ3) is 2.39. The van der Waals surface area contributed by atoms with Crippen molar-refractivity contribution in [3.63, 3.8) is 0 Å². The van der Waals surface area contributed by atoms with Gasteiger partial charge in [-0.1, -0.05) is 36.8 Å². The molecule has 0 aromatic heterocycles. The molecule has 2 saturated carbocycles. The quantitative estimate of drug-likeness (QED) is 0.921. The first-order chi connectivity index (χ1) is 11.7. The Morgan fingerprint density at radius 1 is 1.00 bits per heavy atom. The van der Waals surface area contributed by atoms with Gasteiger partial charge in [-0.05, 0) is 60.4 Å². The van der Waals surface area contributed by atoms with E-state index < -0.39 is 0 Å². The molecule has 2 aliphatic rings. The minimum absolute atomic E-state index is 0.141. The highest BCUT2D eigenvalue weighted by atomic mass is 16.3. The summed E-state index contributed by atoms with van der Waals surface area (Å²) in [5.74, 6) is 2.08. The van der Waals surface area contributed by atoms with Gasteiger partial charge in [0, 0.05) is 18.7 Å². The molecule has 3 heteroatoms. The topological polar surface area (TPSA) is 40.5 Å². The second-order valence-electron chi connectivity index (χ2n) is 7.13. The molecule has 2 fully saturated rings. The molecule has 4 rings (SSSR count). The third-order valence-corrected chi connectivity index (χ3v) is 5.96. The second kappa shape index (κ2) is 5.97. The number of hydrogen-bond acceptors (Lipinski definition) is 2. The number of fused-ring (bicyclic) bond motifs is 2. The van der Waals surface area contributed by atoms with Crippen LogP contribution in [-0.2, 0) is 4.79 Å². The number of phenols is 1. The lowest BCUT2D eigenvalue weighted by Gasteiger charge is -2.56. The van der Waals surface area contributed by atoms with E-state index in [1.54, 1.807) is 29.2 Å². The molecule has 1 amide bonds. The number of rotatable bonds is 3. The molecule has 24 heavy (non-hydrogen) atoms. The molecule has 2 aromatic rings. The van der Waals surface area contributed by atoms with Crippen molar-refractivity contribution >= 4 is 11.6 Å². The lowest BCUT2D eigenvalue weighted by Crippen LogP contribution is -2.55. The van der Waals surface area contributed by atoms with Crippen LogP contribution in [0.2, 0.25) is 0 Å². The van der Waals surface area contributed by atoms with Gasteiger partial charge in [0.05, 0.1) is 0 Å². The minimum Gasteiger partial charge on any atom is -0.508 e. The normalized spacial score (nSPS) is 28.0. The van der Waals surface area contributed by atoms with Crippen molar-refractivity contribution in [1.29, 1.82) is 0 Å². The molecule has 0 spiro atoms. The summed E-state index contributed by atoms with van der Waals surface area (Å²) in [5, 5.41) is 9.43. The Labute approximate surface area is 142 Å². The summed E-state index contributed by atoms with van der Waals surface area (Å²) < 4.78 is 0. The number of hydrogen-bond donors (Lipinski definition) is 1. The molecule has 0 aliphatic heterocycles. The van der Waals surface area contributed by atoms with Gasteiger partial charge in [0.15, 0.2) is 0 Å². The van der Waals surface area contributed by atoms with Gasteiger partial charge in [-0.15, -0.1) is 0 Å². The first kappa shape index (κ1) is 15.3. The van der Waals surface area contributed by atoms with E-state index in [-0.39, 0.29) is 17.6 Å². The van der Waals surface area contributed by atoms with Crippen LogP contribution >= 0.6 is 0 Å². The lowest BCUT2D eigenvalue weighted by atomic mass is 9.48. The van der Waals surface area contributed by atoms with Gasteiger partial charge in [0.2, 0.25) is 5.91 Å². The van der Waals surface area contributed by atoms with E-state index in [1.165, 1.54) is 12.0 Å². The number of amides is 1. The van der Waals surface area contributed by atoms with Crippen molar-refractivity contribution in [2.45, 2.75) is 25.2 Å². The SMILES string of the molecule is CN(C(=O)C1[C@H]2CCC[C@H]1C2c1ccccc1)c1ccc(O)cc1. The van der Waals surface area contributed by atoms with Crippen molar-refractivity contribution < 1.29 is 9.90 Å². The number of phenolic OH excluding ortho intramolecular Hbond substituents is 1. The summed E-state index contributed by atoms with van der Waals surface area (Å²) in [6.07, 6.45) is 3.54. The maximum atomic E-state index is 13.1. The van der Waals surface area contributed by atoms with Gasteiger partial charge in [0.1, 0.15) is 5.75 Å². The number of anilines is 1. The van der Waals surface area contributed by atoms with Gasteiger partial charge >= 0.3 is 0 Å². The fourth-order valence-electron chi connectivity index (χ4n) is 4.81. The predicted octanol–water partition coefficient (Wildman–Crippen LogP) is 4.18. The van der Waals surface area contributed by atoms with Gasteiger partial charge in [0.25, 0.3) is 0 Å². The average Bonchev–Trinajstić information content (AvgIpc) is 2.63. The lowest BCUT2D eigenvalue weighted by molar-refractivity contribution is -0.137. The maximum Gasteiger partial charge on any atom is 0.230 e. The van der Waals surface area contributed by atoms with Crippen LogP contribution in [0.3, 0.4) is 0 Å². The molecule has 1 N–H and O–H groups in total. The van der Waals surface area contributed by atoms with Crippen molar-refractivity contribution in [3.8, 4) is 5.75 Å². The average molecular weight is 321 g/mol. The Morgan fingerprint density at radius 2 is 1.62 bits per heavy atom. The highest BCUT2D eigenvalue weighted by molar-refractivity contribution is 5.96. The van der Waals surface area contributed by atoms with Crippen LogP contribution in [0.25, 0.3) is 0 Å². The molecule has 0 radical (unpaired) electrons. The van der Waals surface area contributed by atoms with Crippen LogP contribution in [0.4, 0.5) is 5.69 Å². The molecule has 3 nitrogen and oxygen atoms in total. The predicted molar refractivity (Wildman–Crippen MR) is 95.0 cm³/mol. The van der Waals surface area contributed by atoms with Gasteiger partial charge in [-0.25, -0.2) is 0 Å². The van der Waals surface area contributed by atoms with Crippen LogP contribution in [0.5, 0.6) is 5.75 Å². The van der Waals surface area contributed by atoms with Crippen LogP contribution in [0.15, 0.2) is 54.6 Å². The van der Waals surface area contributed by atoms with Crippen LogP contribution in [0.1, 0.15) is 30.7 Å². The third-order valence-electron chi connectivity index (χ3n) is 5.96. The Balaban J connectivity index is 1.55. The molecule has 0 heterocycles. The Hall–Kier alpha value is -2.29. The fourth-order valence-corrected chi connectivity index (χ4v) is 4.81. The summed E-state index contributed by atoms with van der Waals surface area (Å²) in [4.78, 5) is 14.8. The van der Waals surface area contributed by atoms with Crippen molar-refractivity contribution in [1.82, 2.24) is 0 Å². The molecule has 2 atom stereocenters. The molecule has 2 aromatic carbocycles. The van der Waals surface area contributed by atoms with E-state index in [4.69, 9.17) is 0 Å². The Kier molecular flexibility index (Phi) is 3.79. The summed E-state index contributed by atoms with van der Waals surface area (Å²) >= 11 is 0. The van der Waals surface area contributed by atoms with Gasteiger partial charge in [-0.2, -0.15) is 0 Å². The first-order valence-corrected chi connectivity index (χ1v) is 8.78. The Bertz CT molecular complexity index is 713. The number of nitrogens with zero attached hydrogens (tertiary/aromatic N) is 1. The molecule has 2 aliphatic carbocycles. The summed E-state index contributed by atoms with van der Waals surface area (Å²) in [6.45, 7) is 0. The van der Waals surface area contributed by atoms with Gasteiger partial charge < -0.3 is 10.0 Å². The van der Waals surface area contributed by atoms with Gasteiger partial charge in [-0.3, -0.25) is 4.79 Å². The summed E-state index contributed by atoms with van der Waals surface area (Å²) in [7, 11) is 1.85. The molecule has 124 valence electrons. The molecule has 2 bridgehead atoms. The van der Waals surface area contributed by atoms with Crippen molar-refractivity contribution in [3.05, 3.63) is 60.2 Å². The smallest absolute Gasteiger partial charge is 0.230 e. The standard InChI is InChI=1S/C21H23NO2/c1-22(15-10-12-16(23)13-11-15)21(24)20-17-8-5-9-18(20)19(17)14-6-3-2-4-7-14/h2-4,6-7,10-13,17-20,23H,5,8-9H2,1H3/t17-,18-,19?,20?/m0/s1. The van der Waals surface area contributed by atoms with Crippen LogP contribution < -0.4 is 4.90 Å². The number of carbonyl (C=O) groups excluding carboxylic acids is 1. The molecule has 0 unspecified atom stereocenters. The van der Waals surface area contributed by atoms with E-state index in [0.717, 1.165) is 18.5 Å². The first-order valence-electron chi connectivity index (χ1n) is 8.78. The highest BCUT2D eigenvalue weighted by Crippen LogP contribution is 2.60. The second-order valence-corrected chi connectivity index (χ2v) is 7.13. The summed E-state index contributed by atoms with van der Waals surface area (Å²) in [5.41, 5.74) is 2.24. The largest absolute Gasteiger partial charge is 0.508 e. The Morgan fingerprint density at radius 3 is 2.25 bits per heavy atom. The zero-order valence-electron chi connectivity index (χ0n) is 13.9. The zero-order chi connectivity index (χ0) is 16.7. The van der Waals surface area contributed by atoms with E-state index in [2.05, 4.69) is 30.3 Å². The maximum absolute atomic E-state index is 13.1. The molecule has 0 saturated heterocycles. The zero-order valence-corrected chi connectivity index (χ0v) is 13.9. The van der Waals surface area contributed by atoms with E-state index >= 15 is 0 Å². The van der Waals surface area contributed by atoms with Crippen LogP contribution in [-0.4, -0.2) is 18.1 Å². The van der Waals surface area contributed by atoms with E-state index in [0.29, 0.717) is 17.8 Å². The minimum atomic E-state index is 0.141. The fraction of sp³-hybridized carbons (Fsp3) is 0.381. The van der Waals surface area contributed by atoms with Crippen molar-refractivity contribution in [2.75, 3.05) is 11.9 Å². The summed E-state index contributed by atoms with van der Waals surface area (Å²) in [6, 6.07) is 17.5.